The number of carboxylic acids is 1. The molecule has 0 spiro atoms. The van der Waals surface area contributed by atoms with Gasteiger partial charge >= 0.3 is 5.97 Å². The molecule has 9 nitrogen and oxygen atoms in total. The first-order valence-corrected chi connectivity index (χ1v) is 9.03. The normalized spacial score (nSPS) is 12.0. The molecule has 0 heterocycles. The fraction of sp³-hybridized carbons (Fsp3) is 0.105. The molecule has 2 aromatic rings. The molecule has 2 rings (SSSR count). The standard InChI is InChI=1S/C19H16BrN3O6/c1-11(19(26)27)21-18(25)16(9-12-4-2-7-15(8-12)23(28)29)22-17(24)13-5-3-6-14(20)10-13/h2-11H,1H3,(H,21,25)(H,22,24)(H,26,27). The molecule has 150 valence electrons. The molecule has 1 unspecified atom stereocenters. The Morgan fingerprint density at radius 1 is 1.17 bits per heavy atom. The van der Waals surface area contributed by atoms with Crippen LogP contribution in [0.3, 0.4) is 0 Å². The van der Waals surface area contributed by atoms with Gasteiger partial charge in [-0.05, 0) is 36.8 Å². The molecule has 0 bridgehead atoms. The molecule has 0 saturated carbocycles. The Balaban J connectivity index is 2.38. The minimum absolute atomic E-state index is 0.198. The van der Waals surface area contributed by atoms with E-state index in [4.69, 9.17) is 5.11 Å². The summed E-state index contributed by atoms with van der Waals surface area (Å²) in [5, 5.41) is 24.6. The Bertz CT molecular complexity index is 1000. The average molecular weight is 462 g/mol. The lowest BCUT2D eigenvalue weighted by Crippen LogP contribution is -2.42. The van der Waals surface area contributed by atoms with Gasteiger partial charge in [-0.15, -0.1) is 0 Å². The van der Waals surface area contributed by atoms with Crippen molar-refractivity contribution in [2.75, 3.05) is 0 Å². The summed E-state index contributed by atoms with van der Waals surface area (Å²) in [6, 6.07) is 10.7. The topological polar surface area (TPSA) is 139 Å². The van der Waals surface area contributed by atoms with Gasteiger partial charge in [0.05, 0.1) is 4.92 Å². The average Bonchev–Trinajstić information content (AvgIpc) is 2.67. The lowest BCUT2D eigenvalue weighted by molar-refractivity contribution is -0.384. The van der Waals surface area contributed by atoms with Crippen LogP contribution in [0.15, 0.2) is 58.7 Å². The Labute approximate surface area is 173 Å². The van der Waals surface area contributed by atoms with Gasteiger partial charge in [-0.1, -0.05) is 34.1 Å². The number of nitro groups is 1. The number of hydrogen-bond acceptors (Lipinski definition) is 5. The van der Waals surface area contributed by atoms with E-state index in [0.29, 0.717) is 4.47 Å². The first-order valence-electron chi connectivity index (χ1n) is 8.24. The van der Waals surface area contributed by atoms with Gasteiger partial charge in [0, 0.05) is 22.2 Å². The van der Waals surface area contributed by atoms with Crippen LogP contribution < -0.4 is 10.6 Å². The van der Waals surface area contributed by atoms with Crippen LogP contribution in [0.4, 0.5) is 5.69 Å². The van der Waals surface area contributed by atoms with E-state index in [2.05, 4.69) is 26.6 Å². The Morgan fingerprint density at radius 3 is 2.48 bits per heavy atom. The molecule has 0 aliphatic carbocycles. The lowest BCUT2D eigenvalue weighted by atomic mass is 10.1. The second kappa shape index (κ2) is 9.60. The van der Waals surface area contributed by atoms with Crippen molar-refractivity contribution < 1.29 is 24.4 Å². The van der Waals surface area contributed by atoms with Crippen LogP contribution in [0.25, 0.3) is 6.08 Å². The maximum absolute atomic E-state index is 12.5. The Hall–Kier alpha value is -3.53. The van der Waals surface area contributed by atoms with E-state index >= 15 is 0 Å². The van der Waals surface area contributed by atoms with Gasteiger partial charge in [-0.2, -0.15) is 0 Å². The molecule has 0 aliphatic heterocycles. The molecule has 10 heteroatoms. The van der Waals surface area contributed by atoms with E-state index in [1.165, 1.54) is 49.4 Å². The van der Waals surface area contributed by atoms with Crippen LogP contribution in [0.1, 0.15) is 22.8 Å². The number of halogens is 1. The number of amides is 2. The van der Waals surface area contributed by atoms with E-state index in [1.54, 1.807) is 12.1 Å². The third-order valence-electron chi connectivity index (χ3n) is 3.69. The van der Waals surface area contributed by atoms with Crippen molar-refractivity contribution in [3.05, 3.63) is 79.9 Å². The zero-order valence-corrected chi connectivity index (χ0v) is 16.7. The molecule has 1 atom stereocenters. The zero-order valence-electron chi connectivity index (χ0n) is 15.1. The third-order valence-corrected chi connectivity index (χ3v) is 4.18. The number of carbonyl (C=O) groups is 3. The van der Waals surface area contributed by atoms with Crippen molar-refractivity contribution in [2.24, 2.45) is 0 Å². The minimum Gasteiger partial charge on any atom is -0.480 e. The van der Waals surface area contributed by atoms with Crippen LogP contribution >= 0.6 is 15.9 Å². The number of non-ortho nitro benzene ring substituents is 1. The number of nitro benzene ring substituents is 1. The molecular formula is C19H16BrN3O6. The van der Waals surface area contributed by atoms with Gasteiger partial charge in [0.1, 0.15) is 11.7 Å². The highest BCUT2D eigenvalue weighted by molar-refractivity contribution is 9.10. The number of rotatable bonds is 7. The van der Waals surface area contributed by atoms with E-state index in [9.17, 15) is 24.5 Å². The van der Waals surface area contributed by atoms with E-state index in [1.807, 2.05) is 0 Å². The quantitative estimate of drug-likeness (QED) is 0.329. The van der Waals surface area contributed by atoms with Crippen molar-refractivity contribution in [3.63, 3.8) is 0 Å². The summed E-state index contributed by atoms with van der Waals surface area (Å²) in [7, 11) is 0. The maximum atomic E-state index is 12.5. The molecule has 0 fully saturated rings. The van der Waals surface area contributed by atoms with Gasteiger partial charge < -0.3 is 15.7 Å². The molecule has 0 aliphatic rings. The number of nitrogens with zero attached hydrogens (tertiary/aromatic N) is 1. The lowest BCUT2D eigenvalue weighted by Gasteiger charge is -2.13. The Kier molecular flexibility index (Phi) is 7.21. The SMILES string of the molecule is CC(NC(=O)C(=Cc1cccc([N+](=O)[O-])c1)NC(=O)c1cccc(Br)c1)C(=O)O. The highest BCUT2D eigenvalue weighted by Gasteiger charge is 2.20. The predicted molar refractivity (Wildman–Crippen MR) is 108 cm³/mol. The van der Waals surface area contributed by atoms with Gasteiger partial charge in [0.2, 0.25) is 0 Å². The molecule has 3 N–H and O–H groups in total. The minimum atomic E-state index is -1.26. The van der Waals surface area contributed by atoms with Crippen LogP contribution in [-0.4, -0.2) is 33.9 Å². The number of carbonyl (C=O) groups excluding carboxylic acids is 2. The van der Waals surface area contributed by atoms with E-state index < -0.39 is 28.7 Å². The van der Waals surface area contributed by atoms with Gasteiger partial charge in [0.15, 0.2) is 0 Å². The van der Waals surface area contributed by atoms with Crippen LogP contribution in [0, 0.1) is 10.1 Å². The molecule has 2 aromatic carbocycles. The highest BCUT2D eigenvalue weighted by atomic mass is 79.9. The van der Waals surface area contributed by atoms with Crippen molar-refractivity contribution in [2.45, 2.75) is 13.0 Å². The maximum Gasteiger partial charge on any atom is 0.325 e. The van der Waals surface area contributed by atoms with E-state index in [0.717, 1.165) is 0 Å². The molecule has 2 amide bonds. The zero-order chi connectivity index (χ0) is 21.6. The monoisotopic (exact) mass is 461 g/mol. The number of benzene rings is 2. The molecule has 0 saturated heterocycles. The summed E-state index contributed by atoms with van der Waals surface area (Å²) < 4.78 is 0.651. The smallest absolute Gasteiger partial charge is 0.325 e. The second-order valence-corrected chi connectivity index (χ2v) is 6.82. The van der Waals surface area contributed by atoms with Gasteiger partial charge in [0.25, 0.3) is 17.5 Å². The third kappa shape index (κ3) is 6.25. The number of hydrogen-bond donors (Lipinski definition) is 3. The van der Waals surface area contributed by atoms with Gasteiger partial charge in [-0.3, -0.25) is 24.5 Å². The Morgan fingerprint density at radius 2 is 1.86 bits per heavy atom. The predicted octanol–water partition coefficient (Wildman–Crippen LogP) is 2.72. The summed E-state index contributed by atoms with van der Waals surface area (Å²) in [4.78, 5) is 46.4. The van der Waals surface area contributed by atoms with Gasteiger partial charge in [-0.25, -0.2) is 0 Å². The molecular weight excluding hydrogens is 446 g/mol. The first-order chi connectivity index (χ1) is 13.7. The molecule has 0 aromatic heterocycles. The van der Waals surface area contributed by atoms with Crippen molar-refractivity contribution in [3.8, 4) is 0 Å². The van der Waals surface area contributed by atoms with Crippen molar-refractivity contribution in [1.29, 1.82) is 0 Å². The second-order valence-electron chi connectivity index (χ2n) is 5.91. The summed E-state index contributed by atoms with van der Waals surface area (Å²) in [5.41, 5.74) is 0.0737. The fourth-order valence-corrected chi connectivity index (χ4v) is 2.61. The summed E-state index contributed by atoms with van der Waals surface area (Å²) >= 11 is 3.25. The number of carboxylic acid groups (broad SMARTS) is 1. The molecule has 0 radical (unpaired) electrons. The van der Waals surface area contributed by atoms with Crippen LogP contribution in [-0.2, 0) is 9.59 Å². The number of aliphatic carboxylic acids is 1. The molecule has 29 heavy (non-hydrogen) atoms. The highest BCUT2D eigenvalue weighted by Crippen LogP contribution is 2.16. The van der Waals surface area contributed by atoms with Crippen molar-refractivity contribution >= 4 is 45.5 Å². The van der Waals surface area contributed by atoms with Crippen molar-refractivity contribution in [1.82, 2.24) is 10.6 Å². The van der Waals surface area contributed by atoms with Crippen LogP contribution in [0.5, 0.6) is 0 Å². The fourth-order valence-electron chi connectivity index (χ4n) is 2.21. The summed E-state index contributed by atoms with van der Waals surface area (Å²) in [6.45, 7) is 1.27. The largest absolute Gasteiger partial charge is 0.480 e. The van der Waals surface area contributed by atoms with E-state index in [-0.39, 0.29) is 22.5 Å². The number of nitrogens with one attached hydrogen (secondary N) is 2. The first kappa shape index (κ1) is 21.8. The summed E-state index contributed by atoms with van der Waals surface area (Å²) in [6.07, 6.45) is 1.23. The summed E-state index contributed by atoms with van der Waals surface area (Å²) in [5.74, 6) is -2.72. The van der Waals surface area contributed by atoms with Crippen LogP contribution in [0.2, 0.25) is 0 Å².